The van der Waals surface area contributed by atoms with Crippen molar-refractivity contribution in [2.45, 2.75) is 22.3 Å². The summed E-state index contributed by atoms with van der Waals surface area (Å²) in [5, 5.41) is 2.93. The van der Waals surface area contributed by atoms with E-state index in [1.54, 1.807) is 18.2 Å². The van der Waals surface area contributed by atoms with Gasteiger partial charge < -0.3 is 10.1 Å². The molecule has 6 nitrogen and oxygen atoms in total. The second kappa shape index (κ2) is 8.43. The highest BCUT2D eigenvalue weighted by Gasteiger charge is 2.28. The van der Waals surface area contributed by atoms with Crippen LogP contribution in [0.25, 0.3) is 0 Å². The lowest BCUT2D eigenvalue weighted by Gasteiger charge is -2.27. The predicted molar refractivity (Wildman–Crippen MR) is 108 cm³/mol. The number of nitrogens with zero attached hydrogens (tertiary/aromatic N) is 1. The van der Waals surface area contributed by atoms with Crippen LogP contribution < -0.4 is 5.32 Å². The molecule has 1 unspecified atom stereocenters. The lowest BCUT2D eigenvalue weighted by molar-refractivity contribution is 0.0730. The fourth-order valence-corrected chi connectivity index (χ4v) is 6.11. The number of carbonyl (C=O) groups excluding carboxylic acids is 1. The minimum atomic E-state index is -3.68. The Morgan fingerprint density at radius 3 is 2.72 bits per heavy atom. The minimum absolute atomic E-state index is 0.0812. The summed E-state index contributed by atoms with van der Waals surface area (Å²) in [6.45, 7) is 1.30. The Bertz CT molecular complexity index is 1020. The van der Waals surface area contributed by atoms with Crippen molar-refractivity contribution in [3.05, 3.63) is 59.4 Å². The van der Waals surface area contributed by atoms with Crippen LogP contribution in [0.3, 0.4) is 0 Å². The first-order valence-electron chi connectivity index (χ1n) is 9.37. The van der Waals surface area contributed by atoms with E-state index in [9.17, 15) is 17.6 Å². The van der Waals surface area contributed by atoms with Crippen molar-refractivity contribution in [3.63, 3.8) is 0 Å². The molecule has 1 saturated heterocycles. The van der Waals surface area contributed by atoms with Gasteiger partial charge in [0.2, 0.25) is 10.0 Å². The van der Waals surface area contributed by atoms with Gasteiger partial charge in [-0.1, -0.05) is 18.2 Å². The maximum Gasteiger partial charge on any atom is 0.251 e. The molecule has 2 aliphatic heterocycles. The normalized spacial score (nSPS) is 20.1. The molecule has 1 N–H and O–H groups in total. The molecule has 2 aromatic rings. The van der Waals surface area contributed by atoms with E-state index in [1.165, 1.54) is 34.3 Å². The SMILES string of the molecule is O=C(NC1CCSc2c(F)cccc21)c1cccc(S(=O)(=O)N2CCOCC2)c1. The molecule has 154 valence electrons. The third-order valence-electron chi connectivity index (χ3n) is 5.04. The molecular weight excluding hydrogens is 415 g/mol. The molecule has 1 atom stereocenters. The number of benzene rings is 2. The minimum Gasteiger partial charge on any atom is -0.379 e. The van der Waals surface area contributed by atoms with Gasteiger partial charge in [-0.25, -0.2) is 12.8 Å². The van der Waals surface area contributed by atoms with Gasteiger partial charge in [0.15, 0.2) is 0 Å². The van der Waals surface area contributed by atoms with Gasteiger partial charge >= 0.3 is 0 Å². The zero-order chi connectivity index (χ0) is 20.4. The lowest BCUT2D eigenvalue weighted by atomic mass is 10.0. The van der Waals surface area contributed by atoms with E-state index in [1.807, 2.05) is 6.07 Å². The molecule has 1 fully saturated rings. The van der Waals surface area contributed by atoms with Crippen molar-refractivity contribution in [3.8, 4) is 0 Å². The van der Waals surface area contributed by atoms with Crippen LogP contribution in [0.1, 0.15) is 28.4 Å². The molecule has 0 aromatic heterocycles. The zero-order valence-corrected chi connectivity index (χ0v) is 17.3. The fraction of sp³-hybridized carbons (Fsp3) is 0.350. The van der Waals surface area contributed by atoms with Gasteiger partial charge in [-0.3, -0.25) is 4.79 Å². The number of amides is 1. The quantitative estimate of drug-likeness (QED) is 0.798. The van der Waals surface area contributed by atoms with Gasteiger partial charge in [-0.2, -0.15) is 4.31 Å². The van der Waals surface area contributed by atoms with Crippen molar-refractivity contribution in [2.75, 3.05) is 32.1 Å². The van der Waals surface area contributed by atoms with E-state index < -0.39 is 10.0 Å². The summed E-state index contributed by atoms with van der Waals surface area (Å²) < 4.78 is 46.3. The average molecular weight is 437 g/mol. The molecule has 1 amide bonds. The summed E-state index contributed by atoms with van der Waals surface area (Å²) in [6, 6.07) is 10.6. The van der Waals surface area contributed by atoms with Crippen LogP contribution in [0.2, 0.25) is 0 Å². The van der Waals surface area contributed by atoms with E-state index in [-0.39, 0.29) is 28.2 Å². The van der Waals surface area contributed by atoms with E-state index in [2.05, 4.69) is 5.32 Å². The van der Waals surface area contributed by atoms with Gasteiger partial charge in [-0.05, 0) is 36.2 Å². The van der Waals surface area contributed by atoms with Gasteiger partial charge in [0, 0.05) is 29.3 Å². The molecule has 2 aliphatic rings. The largest absolute Gasteiger partial charge is 0.379 e. The Kier molecular flexibility index (Phi) is 5.91. The van der Waals surface area contributed by atoms with Crippen molar-refractivity contribution >= 4 is 27.7 Å². The van der Waals surface area contributed by atoms with Crippen LogP contribution in [-0.2, 0) is 14.8 Å². The van der Waals surface area contributed by atoms with E-state index >= 15 is 0 Å². The fourth-order valence-electron chi connectivity index (χ4n) is 3.51. The maximum absolute atomic E-state index is 14.1. The summed E-state index contributed by atoms with van der Waals surface area (Å²) in [6.07, 6.45) is 0.679. The standard InChI is InChI=1S/C20H21FN2O4S2/c21-17-6-2-5-16-18(7-12-28-19(16)17)22-20(24)14-3-1-4-15(13-14)29(25,26)23-8-10-27-11-9-23/h1-6,13,18H,7-12H2,(H,22,24). The number of morpholine rings is 1. The first-order valence-corrected chi connectivity index (χ1v) is 11.8. The van der Waals surface area contributed by atoms with Crippen LogP contribution in [-0.4, -0.2) is 50.7 Å². The molecule has 9 heteroatoms. The van der Waals surface area contributed by atoms with Crippen LogP contribution in [0, 0.1) is 5.82 Å². The number of ether oxygens (including phenoxy) is 1. The Balaban J connectivity index is 1.55. The summed E-state index contributed by atoms with van der Waals surface area (Å²) in [4.78, 5) is 13.5. The second-order valence-electron chi connectivity index (χ2n) is 6.87. The molecule has 0 saturated carbocycles. The van der Waals surface area contributed by atoms with Crippen LogP contribution >= 0.6 is 11.8 Å². The topological polar surface area (TPSA) is 75.7 Å². The van der Waals surface area contributed by atoms with E-state index in [0.29, 0.717) is 43.4 Å². The van der Waals surface area contributed by atoms with Gasteiger partial charge in [-0.15, -0.1) is 11.8 Å². The Morgan fingerprint density at radius 1 is 1.17 bits per heavy atom. The molecular formula is C20H21FN2O4S2. The molecule has 0 radical (unpaired) electrons. The molecule has 0 spiro atoms. The first-order chi connectivity index (χ1) is 14.0. The second-order valence-corrected chi connectivity index (χ2v) is 9.91. The zero-order valence-electron chi connectivity index (χ0n) is 15.6. The summed E-state index contributed by atoms with van der Waals surface area (Å²) >= 11 is 1.44. The smallest absolute Gasteiger partial charge is 0.251 e. The van der Waals surface area contributed by atoms with Crippen LogP contribution in [0.4, 0.5) is 4.39 Å². The van der Waals surface area contributed by atoms with Gasteiger partial charge in [0.1, 0.15) is 5.82 Å². The molecule has 4 rings (SSSR count). The maximum atomic E-state index is 14.1. The number of nitrogens with one attached hydrogen (secondary N) is 1. The summed E-state index contributed by atoms with van der Waals surface area (Å²) in [5.74, 6) is 0.0332. The van der Waals surface area contributed by atoms with Crippen molar-refractivity contribution < 1.29 is 22.3 Å². The van der Waals surface area contributed by atoms with E-state index in [4.69, 9.17) is 4.74 Å². The number of sulfonamides is 1. The number of halogens is 1. The Labute approximate surface area is 173 Å². The van der Waals surface area contributed by atoms with Gasteiger partial charge in [0.25, 0.3) is 5.91 Å². The molecule has 2 aromatic carbocycles. The van der Waals surface area contributed by atoms with Gasteiger partial charge in [0.05, 0.1) is 24.2 Å². The average Bonchev–Trinajstić information content (AvgIpc) is 2.75. The van der Waals surface area contributed by atoms with E-state index in [0.717, 1.165) is 5.56 Å². The van der Waals surface area contributed by atoms with Crippen LogP contribution in [0.5, 0.6) is 0 Å². The molecule has 0 bridgehead atoms. The number of fused-ring (bicyclic) bond motifs is 1. The number of rotatable bonds is 4. The third kappa shape index (κ3) is 4.18. The Hall–Kier alpha value is -1.94. The molecule has 29 heavy (non-hydrogen) atoms. The summed E-state index contributed by atoms with van der Waals surface area (Å²) in [7, 11) is -3.68. The highest BCUT2D eigenvalue weighted by atomic mass is 32.2. The first kappa shape index (κ1) is 20.3. The van der Waals surface area contributed by atoms with Crippen molar-refractivity contribution in [1.29, 1.82) is 0 Å². The highest BCUT2D eigenvalue weighted by molar-refractivity contribution is 7.99. The van der Waals surface area contributed by atoms with Crippen molar-refractivity contribution in [1.82, 2.24) is 9.62 Å². The number of thioether (sulfide) groups is 1. The lowest BCUT2D eigenvalue weighted by Crippen LogP contribution is -2.40. The molecule has 0 aliphatic carbocycles. The number of hydrogen-bond donors (Lipinski definition) is 1. The molecule has 2 heterocycles. The third-order valence-corrected chi connectivity index (χ3v) is 8.09. The number of hydrogen-bond acceptors (Lipinski definition) is 5. The number of carbonyl (C=O) groups is 1. The monoisotopic (exact) mass is 436 g/mol. The summed E-state index contributed by atoms with van der Waals surface area (Å²) in [5.41, 5.74) is 1.02. The highest BCUT2D eigenvalue weighted by Crippen LogP contribution is 2.37. The predicted octanol–water partition coefficient (Wildman–Crippen LogP) is 2.81. The Morgan fingerprint density at radius 2 is 1.93 bits per heavy atom. The van der Waals surface area contributed by atoms with Crippen LogP contribution in [0.15, 0.2) is 52.3 Å². The van der Waals surface area contributed by atoms with Crippen molar-refractivity contribution in [2.24, 2.45) is 0 Å².